The van der Waals surface area contributed by atoms with Gasteiger partial charge in [0.05, 0.1) is 41.6 Å². The number of methoxy groups -OCH3 is 4. The molecule has 1 saturated heterocycles. The van der Waals surface area contributed by atoms with Crippen molar-refractivity contribution in [3.63, 3.8) is 0 Å². The van der Waals surface area contributed by atoms with Crippen molar-refractivity contribution < 1.29 is 33.6 Å². The number of anilines is 3. The molecule has 0 radical (unpaired) electrons. The number of benzene rings is 2. The summed E-state index contributed by atoms with van der Waals surface area (Å²) in [5.41, 5.74) is 1.20. The highest BCUT2D eigenvalue weighted by molar-refractivity contribution is 5.85. The zero-order valence-electron chi connectivity index (χ0n) is 25.3. The van der Waals surface area contributed by atoms with Crippen molar-refractivity contribution in [1.82, 2.24) is 19.8 Å². The van der Waals surface area contributed by atoms with Gasteiger partial charge in [0.25, 0.3) is 0 Å². The van der Waals surface area contributed by atoms with E-state index in [0.717, 1.165) is 44.0 Å². The maximum Gasteiger partial charge on any atom is 0.413 e. The molecule has 1 amide bonds. The minimum Gasteiger partial charge on any atom is -0.497 e. The molecule has 1 aliphatic rings. The predicted molar refractivity (Wildman–Crippen MR) is 163 cm³/mol. The van der Waals surface area contributed by atoms with Crippen molar-refractivity contribution in [2.24, 2.45) is 0 Å². The van der Waals surface area contributed by atoms with Crippen LogP contribution in [0.1, 0.15) is 12.0 Å². The monoisotopic (exact) mass is 596 g/mol. The number of hydrogen-bond donors (Lipinski definition) is 2. The van der Waals surface area contributed by atoms with Crippen LogP contribution in [0.25, 0.3) is 0 Å². The van der Waals surface area contributed by atoms with Crippen molar-refractivity contribution in [3.8, 4) is 28.7 Å². The lowest BCUT2D eigenvalue weighted by Gasteiger charge is -2.32. The number of amides is 1. The zero-order chi connectivity index (χ0) is 30.8. The largest absolute Gasteiger partial charge is 0.497 e. The van der Waals surface area contributed by atoms with Gasteiger partial charge in [0.1, 0.15) is 17.3 Å². The molecule has 2 heterocycles. The summed E-state index contributed by atoms with van der Waals surface area (Å²) in [6, 6.07) is 10.2. The second kappa shape index (κ2) is 15.1. The van der Waals surface area contributed by atoms with Crippen LogP contribution in [0.5, 0.6) is 28.7 Å². The van der Waals surface area contributed by atoms with Gasteiger partial charge in [0, 0.05) is 62.3 Å². The SMILES string of the molecule is COc1ccc(OC)c(CN(C(=O)O)c2ccnc(Nc3cc(OC)c(OC)c(OCCCN4CCN(C)CC4)c3)n2)c1. The second-order valence-corrected chi connectivity index (χ2v) is 9.97. The molecule has 2 aromatic carbocycles. The Hall–Kier alpha value is -4.49. The predicted octanol–water partition coefficient (Wildman–Crippen LogP) is 3.96. The lowest BCUT2D eigenvalue weighted by molar-refractivity contribution is 0.145. The fourth-order valence-corrected chi connectivity index (χ4v) is 4.76. The van der Waals surface area contributed by atoms with E-state index in [1.165, 1.54) is 19.4 Å². The third-order valence-electron chi connectivity index (χ3n) is 7.14. The van der Waals surface area contributed by atoms with Gasteiger partial charge in [0.2, 0.25) is 11.7 Å². The van der Waals surface area contributed by atoms with E-state index in [0.29, 0.717) is 46.6 Å². The van der Waals surface area contributed by atoms with Crippen LogP contribution in [0, 0.1) is 0 Å². The molecule has 43 heavy (non-hydrogen) atoms. The molecule has 0 bridgehead atoms. The number of nitrogens with zero attached hydrogens (tertiary/aromatic N) is 5. The fourth-order valence-electron chi connectivity index (χ4n) is 4.76. The van der Waals surface area contributed by atoms with Crippen molar-refractivity contribution in [2.75, 3.05) is 85.0 Å². The van der Waals surface area contributed by atoms with Gasteiger partial charge in [-0.1, -0.05) is 0 Å². The van der Waals surface area contributed by atoms with Crippen LogP contribution in [0.15, 0.2) is 42.6 Å². The summed E-state index contributed by atoms with van der Waals surface area (Å²) >= 11 is 0. The zero-order valence-corrected chi connectivity index (χ0v) is 25.3. The first-order valence-corrected chi connectivity index (χ1v) is 14.0. The summed E-state index contributed by atoms with van der Waals surface area (Å²) in [5.74, 6) is 2.93. The van der Waals surface area contributed by atoms with Gasteiger partial charge in [-0.2, -0.15) is 4.98 Å². The summed E-state index contributed by atoms with van der Waals surface area (Å²) in [7, 11) is 8.32. The summed E-state index contributed by atoms with van der Waals surface area (Å²) in [6.07, 6.45) is 1.16. The van der Waals surface area contributed by atoms with Crippen molar-refractivity contribution in [2.45, 2.75) is 13.0 Å². The van der Waals surface area contributed by atoms with E-state index in [4.69, 9.17) is 23.7 Å². The molecule has 1 fully saturated rings. The molecular formula is C30H40N6O7. The minimum atomic E-state index is -1.19. The highest BCUT2D eigenvalue weighted by atomic mass is 16.5. The quantitative estimate of drug-likeness (QED) is 0.261. The Balaban J connectivity index is 1.50. The molecule has 1 aliphatic heterocycles. The van der Waals surface area contributed by atoms with Gasteiger partial charge in [0.15, 0.2) is 11.5 Å². The van der Waals surface area contributed by atoms with Crippen LogP contribution in [0.2, 0.25) is 0 Å². The number of carbonyl (C=O) groups is 1. The summed E-state index contributed by atoms with van der Waals surface area (Å²) in [6.45, 7) is 5.69. The Morgan fingerprint density at radius 2 is 1.70 bits per heavy atom. The Morgan fingerprint density at radius 3 is 2.37 bits per heavy atom. The lowest BCUT2D eigenvalue weighted by atomic mass is 10.1. The second-order valence-electron chi connectivity index (χ2n) is 9.97. The van der Waals surface area contributed by atoms with Crippen LogP contribution < -0.4 is 33.9 Å². The van der Waals surface area contributed by atoms with Crippen molar-refractivity contribution >= 4 is 23.5 Å². The molecule has 1 aromatic heterocycles. The molecular weight excluding hydrogens is 556 g/mol. The first-order valence-electron chi connectivity index (χ1n) is 14.0. The molecule has 0 spiro atoms. The van der Waals surface area contributed by atoms with E-state index in [2.05, 4.69) is 32.1 Å². The van der Waals surface area contributed by atoms with E-state index in [1.807, 2.05) is 0 Å². The number of aromatic nitrogens is 2. The molecule has 13 nitrogen and oxygen atoms in total. The van der Waals surface area contributed by atoms with E-state index in [9.17, 15) is 9.90 Å². The van der Waals surface area contributed by atoms with Gasteiger partial charge in [-0.05, 0) is 37.7 Å². The van der Waals surface area contributed by atoms with Crippen molar-refractivity contribution in [3.05, 3.63) is 48.2 Å². The highest BCUT2D eigenvalue weighted by Gasteiger charge is 2.21. The van der Waals surface area contributed by atoms with E-state index in [1.54, 1.807) is 51.7 Å². The molecule has 0 atom stereocenters. The van der Waals surface area contributed by atoms with E-state index in [-0.39, 0.29) is 18.3 Å². The van der Waals surface area contributed by atoms with Gasteiger partial charge in [-0.25, -0.2) is 9.78 Å². The fraction of sp³-hybridized carbons (Fsp3) is 0.433. The molecule has 4 rings (SSSR count). The molecule has 2 N–H and O–H groups in total. The van der Waals surface area contributed by atoms with Gasteiger partial charge in [-0.15, -0.1) is 0 Å². The molecule has 13 heteroatoms. The number of hydrogen-bond acceptors (Lipinski definition) is 11. The minimum absolute atomic E-state index is 0.0192. The maximum atomic E-state index is 12.3. The van der Waals surface area contributed by atoms with Gasteiger partial charge in [-0.3, -0.25) is 4.90 Å². The topological polar surface area (TPSA) is 131 Å². The third kappa shape index (κ3) is 8.30. The number of piperazine rings is 1. The molecule has 0 saturated carbocycles. The Labute approximate surface area is 251 Å². The number of carboxylic acid groups (broad SMARTS) is 1. The maximum absolute atomic E-state index is 12.3. The molecule has 3 aromatic rings. The lowest BCUT2D eigenvalue weighted by Crippen LogP contribution is -2.44. The average molecular weight is 597 g/mol. The molecule has 0 aliphatic carbocycles. The number of likely N-dealkylation sites (N-methyl/N-ethyl adjacent to an activating group) is 1. The van der Waals surface area contributed by atoms with Crippen molar-refractivity contribution in [1.29, 1.82) is 0 Å². The summed E-state index contributed by atoms with van der Waals surface area (Å²) in [5, 5.41) is 13.2. The Bertz CT molecular complexity index is 1370. The van der Waals surface area contributed by atoms with Gasteiger partial charge < -0.3 is 43.9 Å². The number of nitrogens with one attached hydrogen (secondary N) is 1. The van der Waals surface area contributed by atoms with Gasteiger partial charge >= 0.3 is 6.09 Å². The summed E-state index contributed by atoms with van der Waals surface area (Å²) < 4.78 is 28.0. The van der Waals surface area contributed by atoms with Crippen LogP contribution in [0.3, 0.4) is 0 Å². The Kier molecular flexibility index (Phi) is 11.1. The summed E-state index contributed by atoms with van der Waals surface area (Å²) in [4.78, 5) is 26.9. The highest BCUT2D eigenvalue weighted by Crippen LogP contribution is 2.41. The standard InChI is InChI=1S/C30H40N6O7/c1-34-12-14-35(15-13-34)11-6-16-43-26-19-22(18-25(41-4)28(26)42-5)32-29-31-10-9-27(33-29)36(30(37)38)20-21-17-23(39-2)7-8-24(21)40-3/h7-10,17-19H,6,11-16,20H2,1-5H3,(H,37,38)(H,31,32,33). The number of rotatable bonds is 14. The van der Waals surface area contributed by atoms with E-state index < -0.39 is 6.09 Å². The first-order chi connectivity index (χ1) is 20.8. The van der Waals surface area contributed by atoms with Crippen LogP contribution in [0.4, 0.5) is 22.2 Å². The number of ether oxygens (including phenoxy) is 5. The molecule has 0 unspecified atom stereocenters. The van der Waals surface area contributed by atoms with Crippen LogP contribution in [-0.4, -0.2) is 106 Å². The average Bonchev–Trinajstić information content (AvgIpc) is 3.02. The first kappa shape index (κ1) is 31.4. The molecule has 232 valence electrons. The third-order valence-corrected chi connectivity index (χ3v) is 7.14. The van der Waals surface area contributed by atoms with Crippen LogP contribution >= 0.6 is 0 Å². The Morgan fingerprint density at radius 1 is 0.953 bits per heavy atom. The smallest absolute Gasteiger partial charge is 0.413 e. The normalized spacial score (nSPS) is 13.7. The van der Waals surface area contributed by atoms with E-state index >= 15 is 0 Å². The van der Waals surface area contributed by atoms with Crippen LogP contribution in [-0.2, 0) is 6.54 Å².